The number of rotatable bonds is 9. The molecule has 0 spiro atoms. The van der Waals surface area contributed by atoms with E-state index in [0.29, 0.717) is 11.8 Å². The van der Waals surface area contributed by atoms with Crippen molar-refractivity contribution in [3.05, 3.63) is 47.6 Å². The van der Waals surface area contributed by atoms with E-state index in [1.165, 1.54) is 5.57 Å². The van der Waals surface area contributed by atoms with E-state index < -0.39 is 0 Å². The molecular weight excluding hydrogens is 322 g/mol. The Labute approximate surface area is 158 Å². The first-order chi connectivity index (χ1) is 12.3. The second-order valence-electron chi connectivity index (χ2n) is 8.05. The van der Waals surface area contributed by atoms with E-state index in [2.05, 4.69) is 46.0 Å². The Balaban J connectivity index is 1.78. The fraction of sp³-hybridized carbons (Fsp3) is 0.522. The summed E-state index contributed by atoms with van der Waals surface area (Å²) in [6.45, 7) is 12.4. The van der Waals surface area contributed by atoms with Crippen LogP contribution in [0.3, 0.4) is 0 Å². The van der Waals surface area contributed by atoms with E-state index in [1.54, 1.807) is 6.08 Å². The van der Waals surface area contributed by atoms with Crippen molar-refractivity contribution in [2.75, 3.05) is 13.2 Å². The fourth-order valence-corrected chi connectivity index (χ4v) is 3.32. The van der Waals surface area contributed by atoms with Crippen LogP contribution in [0.2, 0.25) is 0 Å². The van der Waals surface area contributed by atoms with Crippen molar-refractivity contribution >= 4 is 12.0 Å². The molecule has 0 radical (unpaired) electrons. The monoisotopic (exact) mass is 355 g/mol. The molecule has 1 aromatic carbocycles. The van der Waals surface area contributed by atoms with Crippen LogP contribution in [0.15, 0.2) is 42.0 Å². The molecule has 0 aromatic heterocycles. The lowest BCUT2D eigenvalue weighted by atomic mass is 10.1. The number of benzene rings is 1. The number of nitrogens with one attached hydrogen (secondary N) is 1. The molecule has 26 heavy (non-hydrogen) atoms. The Hall–Kier alpha value is -2.03. The van der Waals surface area contributed by atoms with Gasteiger partial charge in [-0.25, -0.2) is 0 Å². The van der Waals surface area contributed by atoms with Crippen LogP contribution in [0.5, 0.6) is 5.75 Å². The van der Waals surface area contributed by atoms with Crippen molar-refractivity contribution in [1.29, 1.82) is 0 Å². The molecule has 0 aliphatic heterocycles. The van der Waals surface area contributed by atoms with E-state index in [1.807, 2.05) is 30.3 Å². The van der Waals surface area contributed by atoms with Gasteiger partial charge in [-0.15, -0.1) is 0 Å². The van der Waals surface area contributed by atoms with Crippen LogP contribution in [0.25, 0.3) is 6.08 Å². The zero-order chi connectivity index (χ0) is 19.2. The van der Waals surface area contributed by atoms with Gasteiger partial charge in [-0.2, -0.15) is 0 Å². The second-order valence-corrected chi connectivity index (χ2v) is 8.05. The van der Waals surface area contributed by atoms with Crippen LogP contribution in [0.1, 0.15) is 53.0 Å². The first-order valence-electron chi connectivity index (χ1n) is 9.68. The molecule has 1 fully saturated rings. The summed E-state index contributed by atoms with van der Waals surface area (Å²) in [7, 11) is 0. The summed E-state index contributed by atoms with van der Waals surface area (Å²) in [5.74, 6) is 1.93. The molecule has 1 aliphatic rings. The van der Waals surface area contributed by atoms with Crippen LogP contribution in [-0.4, -0.2) is 19.1 Å². The van der Waals surface area contributed by atoms with E-state index in [0.717, 1.165) is 37.3 Å². The van der Waals surface area contributed by atoms with Crippen LogP contribution in [0.4, 0.5) is 0 Å². The molecule has 1 saturated carbocycles. The summed E-state index contributed by atoms with van der Waals surface area (Å²) < 4.78 is 5.65. The quantitative estimate of drug-likeness (QED) is 0.374. The number of hydrogen-bond acceptors (Lipinski definition) is 2. The van der Waals surface area contributed by atoms with Gasteiger partial charge in [0.2, 0.25) is 5.91 Å². The zero-order valence-corrected chi connectivity index (χ0v) is 16.8. The molecule has 3 heteroatoms. The van der Waals surface area contributed by atoms with Crippen LogP contribution >= 0.6 is 0 Å². The number of carbonyl (C=O) groups excluding carboxylic acids is 1. The van der Waals surface area contributed by atoms with Crippen molar-refractivity contribution in [2.24, 2.45) is 17.3 Å². The van der Waals surface area contributed by atoms with Gasteiger partial charge in [0.1, 0.15) is 5.75 Å². The Kier molecular flexibility index (Phi) is 7.07. The zero-order valence-electron chi connectivity index (χ0n) is 16.8. The van der Waals surface area contributed by atoms with Gasteiger partial charge in [-0.3, -0.25) is 4.79 Å². The third-order valence-corrected chi connectivity index (χ3v) is 5.22. The average molecular weight is 356 g/mol. The summed E-state index contributed by atoms with van der Waals surface area (Å²) >= 11 is 0. The molecular formula is C23H33NO2. The third kappa shape index (κ3) is 5.76. The third-order valence-electron chi connectivity index (χ3n) is 5.22. The van der Waals surface area contributed by atoms with Crippen LogP contribution < -0.4 is 10.1 Å². The second kappa shape index (κ2) is 9.07. The van der Waals surface area contributed by atoms with Gasteiger partial charge in [0.05, 0.1) is 6.61 Å². The topological polar surface area (TPSA) is 38.3 Å². The molecule has 3 nitrogen and oxygen atoms in total. The van der Waals surface area contributed by atoms with Gasteiger partial charge in [0.15, 0.2) is 0 Å². The molecule has 2 atom stereocenters. The van der Waals surface area contributed by atoms with E-state index in [4.69, 9.17) is 4.74 Å². The Morgan fingerprint density at radius 2 is 1.92 bits per heavy atom. The van der Waals surface area contributed by atoms with E-state index in [9.17, 15) is 4.79 Å². The van der Waals surface area contributed by atoms with Gasteiger partial charge in [-0.1, -0.05) is 51.0 Å². The number of amides is 1. The number of unbranched alkanes of at least 4 members (excludes halogenated alkanes) is 1. The minimum atomic E-state index is -0.0353. The molecule has 1 aliphatic carbocycles. The molecule has 0 heterocycles. The smallest absolute Gasteiger partial charge is 0.244 e. The summed E-state index contributed by atoms with van der Waals surface area (Å²) in [6, 6.07) is 7.84. The van der Waals surface area contributed by atoms with Gasteiger partial charge < -0.3 is 10.1 Å². The van der Waals surface area contributed by atoms with Crippen LogP contribution in [-0.2, 0) is 4.79 Å². The molecule has 1 amide bonds. The Bertz CT molecular complexity index is 651. The van der Waals surface area contributed by atoms with Gasteiger partial charge >= 0.3 is 0 Å². The molecule has 1 N–H and O–H groups in total. The maximum atomic E-state index is 12.1. The number of hydrogen-bond donors (Lipinski definition) is 1. The standard InChI is InChI=1S/C23H33NO2/c1-6-7-14-26-19-11-8-18(9-12-19)10-13-22(25)24-16-21-20(15-17(2)3)23(21,4)5/h8-13,15,20-21H,6-7,14,16H2,1-5H3,(H,24,25)/b13-10+. The Morgan fingerprint density at radius 1 is 1.23 bits per heavy atom. The highest BCUT2D eigenvalue weighted by atomic mass is 16.5. The minimum absolute atomic E-state index is 0.0353. The lowest BCUT2D eigenvalue weighted by Gasteiger charge is -2.05. The van der Waals surface area contributed by atoms with Crippen molar-refractivity contribution in [3.63, 3.8) is 0 Å². The molecule has 142 valence electrons. The summed E-state index contributed by atoms with van der Waals surface area (Å²) in [4.78, 5) is 12.1. The fourth-order valence-electron chi connectivity index (χ4n) is 3.32. The highest BCUT2D eigenvalue weighted by Gasteiger charge is 2.55. The molecule has 1 aromatic rings. The lowest BCUT2D eigenvalue weighted by molar-refractivity contribution is -0.116. The maximum Gasteiger partial charge on any atom is 0.244 e. The highest BCUT2D eigenvalue weighted by molar-refractivity contribution is 5.91. The maximum absolute atomic E-state index is 12.1. The molecule has 2 unspecified atom stereocenters. The predicted molar refractivity (Wildman–Crippen MR) is 109 cm³/mol. The normalized spacial score (nSPS) is 20.7. The number of ether oxygens (including phenoxy) is 1. The van der Waals surface area contributed by atoms with Crippen LogP contribution in [0, 0.1) is 17.3 Å². The van der Waals surface area contributed by atoms with Crippen molar-refractivity contribution in [2.45, 2.75) is 47.5 Å². The SMILES string of the molecule is CCCCOc1ccc(/C=C/C(=O)NCC2C(C=C(C)C)C2(C)C)cc1. The van der Waals surface area contributed by atoms with Crippen molar-refractivity contribution < 1.29 is 9.53 Å². The average Bonchev–Trinajstić information content (AvgIpc) is 3.10. The largest absolute Gasteiger partial charge is 0.494 e. The molecule has 0 saturated heterocycles. The van der Waals surface area contributed by atoms with Gasteiger partial charge in [0.25, 0.3) is 0 Å². The minimum Gasteiger partial charge on any atom is -0.494 e. The first-order valence-corrected chi connectivity index (χ1v) is 9.68. The van der Waals surface area contributed by atoms with E-state index in [-0.39, 0.29) is 11.3 Å². The summed E-state index contributed by atoms with van der Waals surface area (Å²) in [5, 5.41) is 3.04. The van der Waals surface area contributed by atoms with Crippen molar-refractivity contribution in [1.82, 2.24) is 5.32 Å². The summed E-state index contributed by atoms with van der Waals surface area (Å²) in [6.07, 6.45) is 7.98. The lowest BCUT2D eigenvalue weighted by Crippen LogP contribution is -2.24. The predicted octanol–water partition coefficient (Wildman–Crippen LogP) is 5.23. The molecule has 0 bridgehead atoms. The first kappa shape index (κ1) is 20.3. The van der Waals surface area contributed by atoms with Gasteiger partial charge in [0, 0.05) is 12.6 Å². The summed E-state index contributed by atoms with van der Waals surface area (Å²) in [5.41, 5.74) is 2.62. The highest BCUT2D eigenvalue weighted by Crippen LogP contribution is 2.58. The number of carbonyl (C=O) groups is 1. The van der Waals surface area contributed by atoms with Gasteiger partial charge in [-0.05, 0) is 61.3 Å². The van der Waals surface area contributed by atoms with E-state index >= 15 is 0 Å². The molecule has 2 rings (SSSR count). The van der Waals surface area contributed by atoms with Crippen molar-refractivity contribution in [3.8, 4) is 5.75 Å². The Morgan fingerprint density at radius 3 is 2.54 bits per heavy atom. The number of allylic oxidation sites excluding steroid dienone is 2.